The zero-order chi connectivity index (χ0) is 11.1. The van der Waals surface area contributed by atoms with E-state index < -0.39 is 0 Å². The van der Waals surface area contributed by atoms with Crippen molar-refractivity contribution >= 4 is 24.0 Å². The first kappa shape index (κ1) is 14.8. The zero-order valence-corrected chi connectivity index (χ0v) is 10.3. The SMILES string of the molecule is CCCCCNC(=O)c1cccc(N)c1.Cl. The Morgan fingerprint density at radius 2 is 2.12 bits per heavy atom. The van der Waals surface area contributed by atoms with Crippen molar-refractivity contribution in [3.8, 4) is 0 Å². The second-order valence-electron chi connectivity index (χ2n) is 3.59. The smallest absolute Gasteiger partial charge is 0.251 e. The van der Waals surface area contributed by atoms with Crippen molar-refractivity contribution in [1.82, 2.24) is 5.32 Å². The van der Waals surface area contributed by atoms with Crippen molar-refractivity contribution in [3.63, 3.8) is 0 Å². The lowest BCUT2D eigenvalue weighted by Crippen LogP contribution is -2.24. The molecule has 0 saturated heterocycles. The van der Waals surface area contributed by atoms with Crippen LogP contribution in [0.3, 0.4) is 0 Å². The molecule has 0 aliphatic heterocycles. The first-order chi connectivity index (χ1) is 7.24. The topological polar surface area (TPSA) is 55.1 Å². The van der Waals surface area contributed by atoms with E-state index in [2.05, 4.69) is 12.2 Å². The fraction of sp³-hybridized carbons (Fsp3) is 0.417. The number of hydrogen-bond donors (Lipinski definition) is 2. The van der Waals surface area contributed by atoms with Crippen LogP contribution in [0, 0.1) is 0 Å². The fourth-order valence-corrected chi connectivity index (χ4v) is 1.36. The lowest BCUT2D eigenvalue weighted by molar-refractivity contribution is 0.0953. The van der Waals surface area contributed by atoms with Gasteiger partial charge in [-0.3, -0.25) is 4.79 Å². The number of rotatable bonds is 5. The third kappa shape index (κ3) is 5.03. The Kier molecular flexibility index (Phi) is 7.38. The second-order valence-corrected chi connectivity index (χ2v) is 3.59. The van der Waals surface area contributed by atoms with Crippen molar-refractivity contribution in [2.45, 2.75) is 26.2 Å². The summed E-state index contributed by atoms with van der Waals surface area (Å²) in [6, 6.07) is 7.02. The molecule has 0 atom stereocenters. The number of nitrogens with one attached hydrogen (secondary N) is 1. The third-order valence-electron chi connectivity index (χ3n) is 2.21. The molecule has 1 rings (SSSR count). The molecule has 4 heteroatoms. The Morgan fingerprint density at radius 3 is 2.75 bits per heavy atom. The molecule has 3 nitrogen and oxygen atoms in total. The number of unbranched alkanes of at least 4 members (excludes halogenated alkanes) is 2. The molecule has 1 amide bonds. The molecule has 0 unspecified atom stereocenters. The molecular weight excluding hydrogens is 224 g/mol. The third-order valence-corrected chi connectivity index (χ3v) is 2.21. The summed E-state index contributed by atoms with van der Waals surface area (Å²) in [5.74, 6) is -0.0431. The maximum atomic E-state index is 11.6. The number of hydrogen-bond acceptors (Lipinski definition) is 2. The summed E-state index contributed by atoms with van der Waals surface area (Å²) in [6.07, 6.45) is 3.34. The predicted octanol–water partition coefficient (Wildman–Crippen LogP) is 2.61. The van der Waals surface area contributed by atoms with Crippen LogP contribution in [-0.4, -0.2) is 12.5 Å². The van der Waals surface area contributed by atoms with E-state index in [0.717, 1.165) is 25.8 Å². The molecule has 1 aromatic carbocycles. The number of benzene rings is 1. The van der Waals surface area contributed by atoms with Crippen LogP contribution in [0.1, 0.15) is 36.5 Å². The number of nitrogen functional groups attached to an aromatic ring is 1. The Hall–Kier alpha value is -1.22. The minimum absolute atomic E-state index is 0. The molecule has 0 radical (unpaired) electrons. The summed E-state index contributed by atoms with van der Waals surface area (Å²) in [4.78, 5) is 11.6. The molecule has 0 heterocycles. The molecule has 0 fully saturated rings. The summed E-state index contributed by atoms with van der Waals surface area (Å²) in [5.41, 5.74) is 6.85. The summed E-state index contributed by atoms with van der Waals surface area (Å²) in [5, 5.41) is 2.87. The molecule has 0 aliphatic carbocycles. The van der Waals surface area contributed by atoms with Gasteiger partial charge < -0.3 is 11.1 Å². The largest absolute Gasteiger partial charge is 0.399 e. The number of nitrogens with two attached hydrogens (primary N) is 1. The fourth-order valence-electron chi connectivity index (χ4n) is 1.36. The highest BCUT2D eigenvalue weighted by Crippen LogP contribution is 2.06. The van der Waals surface area contributed by atoms with Crippen LogP contribution in [0.5, 0.6) is 0 Å². The van der Waals surface area contributed by atoms with Gasteiger partial charge >= 0.3 is 0 Å². The van der Waals surface area contributed by atoms with Crippen LogP contribution >= 0.6 is 12.4 Å². The molecule has 0 aliphatic rings. The molecule has 0 aromatic heterocycles. The van der Waals surface area contributed by atoms with Gasteiger partial charge in [0, 0.05) is 17.8 Å². The van der Waals surface area contributed by atoms with Gasteiger partial charge in [0.25, 0.3) is 5.91 Å². The highest BCUT2D eigenvalue weighted by atomic mass is 35.5. The Morgan fingerprint density at radius 1 is 1.38 bits per heavy atom. The lowest BCUT2D eigenvalue weighted by Gasteiger charge is -2.04. The molecule has 90 valence electrons. The van der Waals surface area contributed by atoms with Crippen molar-refractivity contribution < 1.29 is 4.79 Å². The van der Waals surface area contributed by atoms with E-state index in [0.29, 0.717) is 11.3 Å². The van der Waals surface area contributed by atoms with E-state index in [1.165, 1.54) is 0 Å². The Bertz CT molecular complexity index is 329. The van der Waals surface area contributed by atoms with Gasteiger partial charge in [0.15, 0.2) is 0 Å². The van der Waals surface area contributed by atoms with E-state index in [1.54, 1.807) is 24.3 Å². The first-order valence-electron chi connectivity index (χ1n) is 5.37. The van der Waals surface area contributed by atoms with Gasteiger partial charge in [-0.25, -0.2) is 0 Å². The maximum Gasteiger partial charge on any atom is 0.251 e. The Balaban J connectivity index is 0.00000225. The predicted molar refractivity (Wildman–Crippen MR) is 70.0 cm³/mol. The first-order valence-corrected chi connectivity index (χ1v) is 5.37. The van der Waals surface area contributed by atoms with Crippen molar-refractivity contribution in [3.05, 3.63) is 29.8 Å². The summed E-state index contributed by atoms with van der Waals surface area (Å²) in [6.45, 7) is 2.88. The van der Waals surface area contributed by atoms with Crippen LogP contribution in [0.4, 0.5) is 5.69 Å². The average molecular weight is 243 g/mol. The van der Waals surface area contributed by atoms with Crippen LogP contribution in [0.2, 0.25) is 0 Å². The summed E-state index contributed by atoms with van der Waals surface area (Å²) in [7, 11) is 0. The molecular formula is C12H19ClN2O. The van der Waals surface area contributed by atoms with Crippen molar-refractivity contribution in [2.75, 3.05) is 12.3 Å². The van der Waals surface area contributed by atoms with Crippen LogP contribution < -0.4 is 11.1 Å². The molecule has 0 spiro atoms. The van der Waals surface area contributed by atoms with Crippen LogP contribution in [0.15, 0.2) is 24.3 Å². The monoisotopic (exact) mass is 242 g/mol. The number of anilines is 1. The number of halogens is 1. The Labute approximate surface area is 103 Å². The van der Waals surface area contributed by atoms with E-state index in [9.17, 15) is 4.79 Å². The standard InChI is InChI=1S/C12H18N2O.ClH/c1-2-3-4-8-14-12(15)10-6-5-7-11(13)9-10;/h5-7,9H,2-4,8,13H2,1H3,(H,14,15);1H. The van der Waals surface area contributed by atoms with E-state index in [1.807, 2.05) is 0 Å². The maximum absolute atomic E-state index is 11.6. The minimum Gasteiger partial charge on any atom is -0.399 e. The van der Waals surface area contributed by atoms with Gasteiger partial charge in [0.05, 0.1) is 0 Å². The molecule has 1 aromatic rings. The van der Waals surface area contributed by atoms with Crippen LogP contribution in [-0.2, 0) is 0 Å². The lowest BCUT2D eigenvalue weighted by atomic mass is 10.2. The van der Waals surface area contributed by atoms with Crippen molar-refractivity contribution in [1.29, 1.82) is 0 Å². The van der Waals surface area contributed by atoms with E-state index in [4.69, 9.17) is 5.73 Å². The molecule has 0 bridgehead atoms. The highest BCUT2D eigenvalue weighted by Gasteiger charge is 2.03. The van der Waals surface area contributed by atoms with Gasteiger partial charge in [0.1, 0.15) is 0 Å². The quantitative estimate of drug-likeness (QED) is 0.616. The molecule has 3 N–H and O–H groups in total. The average Bonchev–Trinajstić information content (AvgIpc) is 2.24. The molecule has 16 heavy (non-hydrogen) atoms. The van der Waals surface area contributed by atoms with E-state index in [-0.39, 0.29) is 18.3 Å². The second kappa shape index (κ2) is 7.99. The number of carbonyl (C=O) groups is 1. The summed E-state index contributed by atoms with van der Waals surface area (Å²) >= 11 is 0. The van der Waals surface area contributed by atoms with Gasteiger partial charge in [-0.15, -0.1) is 12.4 Å². The van der Waals surface area contributed by atoms with Gasteiger partial charge in [-0.1, -0.05) is 25.8 Å². The zero-order valence-electron chi connectivity index (χ0n) is 9.53. The van der Waals surface area contributed by atoms with Gasteiger partial charge in [-0.05, 0) is 24.6 Å². The van der Waals surface area contributed by atoms with Crippen molar-refractivity contribution in [2.24, 2.45) is 0 Å². The highest BCUT2D eigenvalue weighted by molar-refractivity contribution is 5.94. The summed E-state index contributed by atoms with van der Waals surface area (Å²) < 4.78 is 0. The minimum atomic E-state index is -0.0431. The number of carbonyl (C=O) groups excluding carboxylic acids is 1. The van der Waals surface area contributed by atoms with Gasteiger partial charge in [0.2, 0.25) is 0 Å². The van der Waals surface area contributed by atoms with E-state index >= 15 is 0 Å². The molecule has 0 saturated carbocycles. The van der Waals surface area contributed by atoms with Crippen LogP contribution in [0.25, 0.3) is 0 Å². The normalized spacial score (nSPS) is 9.31. The number of amides is 1. The van der Waals surface area contributed by atoms with Gasteiger partial charge in [-0.2, -0.15) is 0 Å².